The zero-order valence-corrected chi connectivity index (χ0v) is 13.2. The second-order valence-corrected chi connectivity index (χ2v) is 5.12. The van der Waals surface area contributed by atoms with Crippen molar-refractivity contribution >= 4 is 15.9 Å². The number of benzene rings is 1. The van der Waals surface area contributed by atoms with Gasteiger partial charge in [0.1, 0.15) is 30.5 Å². The average Bonchev–Trinajstić information content (AvgIpc) is 3.10. The van der Waals surface area contributed by atoms with E-state index < -0.39 is 0 Å². The molecule has 0 aliphatic carbocycles. The standard InChI is InChI=1S/C13H10BrFN6O2/c14-9-2-1-8(15)7-11(9)22-5-6-23-12-4-3-10(16-17-12)13-18-20-21-19-13/h1-4,7H,5-6H2,(H,18,19,20,21). The molecular weight excluding hydrogens is 371 g/mol. The van der Waals surface area contributed by atoms with Crippen LogP contribution in [0, 0.1) is 5.82 Å². The molecule has 0 radical (unpaired) electrons. The third-order valence-corrected chi connectivity index (χ3v) is 3.35. The molecule has 0 saturated carbocycles. The summed E-state index contributed by atoms with van der Waals surface area (Å²) in [6.07, 6.45) is 0. The molecule has 8 nitrogen and oxygen atoms in total. The molecule has 1 aromatic carbocycles. The Morgan fingerprint density at radius 1 is 1.04 bits per heavy atom. The maximum Gasteiger partial charge on any atom is 0.233 e. The minimum Gasteiger partial charge on any atom is -0.489 e. The summed E-state index contributed by atoms with van der Waals surface area (Å²) in [6, 6.07) is 7.51. The maximum atomic E-state index is 13.1. The lowest BCUT2D eigenvalue weighted by atomic mass is 10.3. The predicted octanol–water partition coefficient (Wildman–Crippen LogP) is 2.02. The van der Waals surface area contributed by atoms with Gasteiger partial charge in [-0.05, 0) is 39.3 Å². The molecule has 1 N–H and O–H groups in total. The summed E-state index contributed by atoms with van der Waals surface area (Å²) in [5.74, 6) is 0.724. The van der Waals surface area contributed by atoms with Gasteiger partial charge in [0.05, 0.1) is 4.47 Å². The van der Waals surface area contributed by atoms with Crippen molar-refractivity contribution in [2.24, 2.45) is 0 Å². The SMILES string of the molecule is Fc1ccc(Br)c(OCCOc2ccc(-c3nn[nH]n3)nn2)c1. The van der Waals surface area contributed by atoms with Crippen molar-refractivity contribution in [1.82, 2.24) is 30.8 Å². The third kappa shape index (κ3) is 3.97. The van der Waals surface area contributed by atoms with Crippen LogP contribution in [-0.4, -0.2) is 44.0 Å². The summed E-state index contributed by atoms with van der Waals surface area (Å²) in [5.41, 5.74) is 0.478. The zero-order valence-electron chi connectivity index (χ0n) is 11.6. The van der Waals surface area contributed by atoms with Crippen molar-refractivity contribution in [2.75, 3.05) is 13.2 Å². The first-order valence-electron chi connectivity index (χ1n) is 6.50. The van der Waals surface area contributed by atoms with Crippen molar-refractivity contribution in [3.05, 3.63) is 40.6 Å². The average molecular weight is 381 g/mol. The van der Waals surface area contributed by atoms with Crippen molar-refractivity contribution < 1.29 is 13.9 Å². The first kappa shape index (κ1) is 15.3. The first-order valence-corrected chi connectivity index (χ1v) is 7.30. The molecule has 23 heavy (non-hydrogen) atoms. The maximum absolute atomic E-state index is 13.1. The van der Waals surface area contributed by atoms with Gasteiger partial charge in [0.15, 0.2) is 0 Å². The van der Waals surface area contributed by atoms with E-state index in [0.29, 0.717) is 27.6 Å². The van der Waals surface area contributed by atoms with E-state index in [1.54, 1.807) is 18.2 Å². The number of halogens is 2. The molecule has 3 rings (SSSR count). The monoisotopic (exact) mass is 380 g/mol. The van der Waals surface area contributed by atoms with Gasteiger partial charge in [0.2, 0.25) is 11.7 Å². The highest BCUT2D eigenvalue weighted by molar-refractivity contribution is 9.10. The zero-order chi connectivity index (χ0) is 16.1. The van der Waals surface area contributed by atoms with Crippen molar-refractivity contribution in [3.8, 4) is 23.1 Å². The number of tetrazole rings is 1. The molecule has 10 heteroatoms. The van der Waals surface area contributed by atoms with Crippen molar-refractivity contribution in [1.29, 1.82) is 0 Å². The number of nitrogens with zero attached hydrogens (tertiary/aromatic N) is 5. The largest absolute Gasteiger partial charge is 0.489 e. The molecule has 118 valence electrons. The molecular formula is C13H10BrFN6O2. The topological polar surface area (TPSA) is 98.7 Å². The molecule has 0 atom stereocenters. The number of rotatable bonds is 6. The predicted molar refractivity (Wildman–Crippen MR) is 80.3 cm³/mol. The van der Waals surface area contributed by atoms with Crippen LogP contribution in [0.25, 0.3) is 11.5 Å². The Hall–Kier alpha value is -2.62. The second kappa shape index (κ2) is 7.09. The second-order valence-electron chi connectivity index (χ2n) is 4.26. The molecule has 0 spiro atoms. The molecule has 0 saturated heterocycles. The summed E-state index contributed by atoms with van der Waals surface area (Å²) in [6.45, 7) is 0.468. The van der Waals surface area contributed by atoms with E-state index >= 15 is 0 Å². The van der Waals surface area contributed by atoms with E-state index in [1.165, 1.54) is 12.1 Å². The Kier molecular flexibility index (Phi) is 4.71. The Bertz CT molecular complexity index is 769. The van der Waals surface area contributed by atoms with E-state index in [4.69, 9.17) is 9.47 Å². The molecule has 0 aliphatic rings. The number of H-pyrrole nitrogens is 1. The Morgan fingerprint density at radius 2 is 1.91 bits per heavy atom. The van der Waals surface area contributed by atoms with Gasteiger partial charge in [-0.15, -0.1) is 20.4 Å². The van der Waals surface area contributed by atoms with Gasteiger partial charge < -0.3 is 9.47 Å². The third-order valence-electron chi connectivity index (χ3n) is 2.70. The smallest absolute Gasteiger partial charge is 0.233 e. The Labute approximate surface area is 138 Å². The van der Waals surface area contributed by atoms with Gasteiger partial charge in [-0.25, -0.2) is 4.39 Å². The molecule has 2 aromatic heterocycles. The van der Waals surface area contributed by atoms with Crippen LogP contribution in [0.2, 0.25) is 0 Å². The fourth-order valence-electron chi connectivity index (χ4n) is 1.67. The van der Waals surface area contributed by atoms with Crippen LogP contribution in [0.4, 0.5) is 4.39 Å². The van der Waals surface area contributed by atoms with E-state index in [0.717, 1.165) is 0 Å². The summed E-state index contributed by atoms with van der Waals surface area (Å²) in [5, 5.41) is 21.2. The Morgan fingerprint density at radius 3 is 2.65 bits per heavy atom. The highest BCUT2D eigenvalue weighted by Crippen LogP contribution is 2.25. The van der Waals surface area contributed by atoms with Crippen LogP contribution in [0.3, 0.4) is 0 Å². The summed E-state index contributed by atoms with van der Waals surface area (Å²) >= 11 is 3.28. The van der Waals surface area contributed by atoms with E-state index in [-0.39, 0.29) is 19.0 Å². The van der Waals surface area contributed by atoms with Crippen LogP contribution >= 0.6 is 15.9 Å². The molecule has 0 unspecified atom stereocenters. The lowest BCUT2D eigenvalue weighted by Gasteiger charge is -2.09. The minimum absolute atomic E-state index is 0.232. The van der Waals surface area contributed by atoms with Gasteiger partial charge in [-0.1, -0.05) is 0 Å². The lowest BCUT2D eigenvalue weighted by molar-refractivity contribution is 0.209. The van der Waals surface area contributed by atoms with E-state index in [1.807, 2.05) is 0 Å². The highest BCUT2D eigenvalue weighted by atomic mass is 79.9. The fourth-order valence-corrected chi connectivity index (χ4v) is 2.03. The van der Waals surface area contributed by atoms with E-state index in [9.17, 15) is 4.39 Å². The van der Waals surface area contributed by atoms with Crippen molar-refractivity contribution in [2.45, 2.75) is 0 Å². The number of ether oxygens (including phenoxy) is 2. The summed E-state index contributed by atoms with van der Waals surface area (Å²) < 4.78 is 24.6. The Balaban J connectivity index is 1.50. The number of aromatic nitrogens is 6. The normalized spacial score (nSPS) is 10.5. The van der Waals surface area contributed by atoms with Crippen LogP contribution in [0.15, 0.2) is 34.8 Å². The number of hydrogen-bond acceptors (Lipinski definition) is 7. The minimum atomic E-state index is -0.368. The van der Waals surface area contributed by atoms with E-state index in [2.05, 4.69) is 46.8 Å². The molecule has 0 bridgehead atoms. The quantitative estimate of drug-likeness (QED) is 0.653. The lowest BCUT2D eigenvalue weighted by Crippen LogP contribution is -2.10. The highest BCUT2D eigenvalue weighted by Gasteiger charge is 2.06. The summed E-state index contributed by atoms with van der Waals surface area (Å²) in [7, 11) is 0. The summed E-state index contributed by atoms with van der Waals surface area (Å²) in [4.78, 5) is 0. The van der Waals surface area contributed by atoms with Crippen molar-refractivity contribution in [3.63, 3.8) is 0 Å². The number of aromatic amines is 1. The number of nitrogens with one attached hydrogen (secondary N) is 1. The molecule has 2 heterocycles. The first-order chi connectivity index (χ1) is 11.2. The molecule has 0 amide bonds. The van der Waals surface area contributed by atoms with Gasteiger partial charge >= 0.3 is 0 Å². The van der Waals surface area contributed by atoms with Gasteiger partial charge in [0, 0.05) is 12.1 Å². The molecule has 3 aromatic rings. The van der Waals surface area contributed by atoms with Gasteiger partial charge in [0.25, 0.3) is 0 Å². The van der Waals surface area contributed by atoms with Crippen LogP contribution in [-0.2, 0) is 0 Å². The van der Waals surface area contributed by atoms with Crippen LogP contribution < -0.4 is 9.47 Å². The van der Waals surface area contributed by atoms with Gasteiger partial charge in [-0.2, -0.15) is 5.21 Å². The van der Waals surface area contributed by atoms with Gasteiger partial charge in [-0.3, -0.25) is 0 Å². The number of hydrogen-bond donors (Lipinski definition) is 1. The molecule has 0 fully saturated rings. The fraction of sp³-hybridized carbons (Fsp3) is 0.154. The van der Waals surface area contributed by atoms with Crippen LogP contribution in [0.5, 0.6) is 11.6 Å². The molecule has 0 aliphatic heterocycles. The van der Waals surface area contributed by atoms with Crippen LogP contribution in [0.1, 0.15) is 0 Å².